The van der Waals surface area contributed by atoms with Crippen molar-refractivity contribution in [3.63, 3.8) is 0 Å². The Morgan fingerprint density at radius 1 is 1.12 bits per heavy atom. The van der Waals surface area contributed by atoms with E-state index in [2.05, 4.69) is 30.9 Å². The topological polar surface area (TPSA) is 119 Å². The fourth-order valence-corrected chi connectivity index (χ4v) is 4.24. The summed E-state index contributed by atoms with van der Waals surface area (Å²) in [6, 6.07) is 0. The number of H-pyrrole nitrogens is 1. The van der Waals surface area contributed by atoms with Gasteiger partial charge in [-0.1, -0.05) is 47.0 Å². The average Bonchev–Trinajstić information content (AvgIpc) is 3.02. The number of nitrogens with zero attached hydrogens (tertiary/aromatic N) is 4. The second-order valence-electron chi connectivity index (χ2n) is 9.48. The first-order valence-corrected chi connectivity index (χ1v) is 12.6. The summed E-state index contributed by atoms with van der Waals surface area (Å²) in [6.45, 7) is 14.0. The summed E-state index contributed by atoms with van der Waals surface area (Å²) in [6.07, 6.45) is 5.05. The van der Waals surface area contributed by atoms with Gasteiger partial charge in [0, 0.05) is 31.7 Å². The lowest BCUT2D eigenvalue weighted by Gasteiger charge is -2.24. The molecule has 0 aliphatic heterocycles. The molecule has 0 unspecified atom stereocenters. The van der Waals surface area contributed by atoms with Crippen molar-refractivity contribution in [3.8, 4) is 0 Å². The Morgan fingerprint density at radius 2 is 1.79 bits per heavy atom. The van der Waals surface area contributed by atoms with Gasteiger partial charge in [-0.3, -0.25) is 23.8 Å². The number of aromatic amines is 1. The quantitative estimate of drug-likeness (QED) is 0.430. The fourth-order valence-electron chi connectivity index (χ4n) is 4.24. The third-order valence-corrected chi connectivity index (χ3v) is 6.16. The van der Waals surface area contributed by atoms with Crippen molar-refractivity contribution in [3.05, 3.63) is 37.8 Å². The maximum atomic E-state index is 13.4. The van der Waals surface area contributed by atoms with Gasteiger partial charge in [0.25, 0.3) is 5.56 Å². The van der Waals surface area contributed by atoms with Gasteiger partial charge in [-0.05, 0) is 44.6 Å². The largest absolute Gasteiger partial charge is 0.383 e. The van der Waals surface area contributed by atoms with Gasteiger partial charge in [-0.15, -0.1) is 0 Å². The highest BCUT2D eigenvalue weighted by atomic mass is 16.2. The fraction of sp³-hybridized carbons (Fsp3) is 0.680. The normalized spacial score (nSPS) is 11.4. The van der Waals surface area contributed by atoms with Crippen LogP contribution in [0.1, 0.15) is 83.2 Å². The van der Waals surface area contributed by atoms with E-state index in [4.69, 9.17) is 5.73 Å². The van der Waals surface area contributed by atoms with E-state index in [0.717, 1.165) is 55.6 Å². The summed E-state index contributed by atoms with van der Waals surface area (Å²) in [5.41, 5.74) is 8.31. The molecule has 3 N–H and O–H groups in total. The van der Waals surface area contributed by atoms with Crippen molar-refractivity contribution in [1.29, 1.82) is 0 Å². The number of carbonyl (C=O) groups is 1. The van der Waals surface area contributed by atoms with E-state index in [1.54, 1.807) is 0 Å². The summed E-state index contributed by atoms with van der Waals surface area (Å²) in [7, 11) is 0. The maximum absolute atomic E-state index is 13.4. The Bertz CT molecular complexity index is 1080. The van der Waals surface area contributed by atoms with E-state index in [0.29, 0.717) is 25.4 Å². The standard InChI is InChI=1S/C25H42N6O3/c1-7-9-11-15-29(22-23(26)30(14-10-8-2)25(34)27-24(22)33)21(32)13-12-20-18(5)28-31(19(20)6)16-17(3)4/h17H,7-16,26H2,1-6H3,(H,27,33,34). The maximum Gasteiger partial charge on any atom is 0.330 e. The molecule has 1 amide bonds. The number of aromatic nitrogens is 4. The van der Waals surface area contributed by atoms with Crippen LogP contribution in [0.4, 0.5) is 11.5 Å². The first-order chi connectivity index (χ1) is 16.1. The van der Waals surface area contributed by atoms with Gasteiger partial charge < -0.3 is 10.6 Å². The number of nitrogens with two attached hydrogens (primary N) is 1. The molecule has 2 aromatic rings. The molecule has 0 bridgehead atoms. The minimum atomic E-state index is -0.614. The highest BCUT2D eigenvalue weighted by molar-refractivity contribution is 5.95. The van der Waals surface area contributed by atoms with Crippen LogP contribution >= 0.6 is 0 Å². The minimum Gasteiger partial charge on any atom is -0.383 e. The van der Waals surface area contributed by atoms with Gasteiger partial charge >= 0.3 is 5.69 Å². The number of hydrogen-bond donors (Lipinski definition) is 2. The van der Waals surface area contributed by atoms with Crippen molar-refractivity contribution >= 4 is 17.4 Å². The molecule has 2 aromatic heterocycles. The van der Waals surface area contributed by atoms with Crippen LogP contribution < -0.4 is 21.9 Å². The van der Waals surface area contributed by atoms with Crippen LogP contribution in [0, 0.1) is 19.8 Å². The van der Waals surface area contributed by atoms with Crippen LogP contribution in [0.5, 0.6) is 0 Å². The summed E-state index contributed by atoms with van der Waals surface area (Å²) >= 11 is 0. The van der Waals surface area contributed by atoms with Crippen LogP contribution in [0.25, 0.3) is 0 Å². The molecule has 9 heteroatoms. The van der Waals surface area contributed by atoms with E-state index in [1.807, 2.05) is 25.5 Å². The number of rotatable bonds is 13. The van der Waals surface area contributed by atoms with Crippen molar-refractivity contribution in [1.82, 2.24) is 19.3 Å². The Labute approximate surface area is 202 Å². The molecule has 0 aliphatic carbocycles. The number of unbranched alkanes of at least 4 members (excludes halogenated alkanes) is 3. The summed E-state index contributed by atoms with van der Waals surface area (Å²) in [5, 5.41) is 4.65. The molecule has 9 nitrogen and oxygen atoms in total. The minimum absolute atomic E-state index is 0.0594. The van der Waals surface area contributed by atoms with Gasteiger partial charge in [0.2, 0.25) is 5.91 Å². The molecule has 0 aromatic carbocycles. The lowest BCUT2D eigenvalue weighted by atomic mass is 10.1. The first-order valence-electron chi connectivity index (χ1n) is 12.6. The monoisotopic (exact) mass is 474 g/mol. The lowest BCUT2D eigenvalue weighted by molar-refractivity contribution is -0.118. The van der Waals surface area contributed by atoms with Crippen LogP contribution in [0.15, 0.2) is 9.59 Å². The average molecular weight is 475 g/mol. The van der Waals surface area contributed by atoms with Gasteiger partial charge in [0.05, 0.1) is 5.69 Å². The Kier molecular flexibility index (Phi) is 10.1. The van der Waals surface area contributed by atoms with Crippen LogP contribution in [-0.4, -0.2) is 31.8 Å². The van der Waals surface area contributed by atoms with Gasteiger partial charge in [0.15, 0.2) is 5.69 Å². The molecule has 0 saturated heterocycles. The van der Waals surface area contributed by atoms with Crippen molar-refractivity contribution < 1.29 is 4.79 Å². The highest BCUT2D eigenvalue weighted by Crippen LogP contribution is 2.22. The highest BCUT2D eigenvalue weighted by Gasteiger charge is 2.24. The zero-order valence-electron chi connectivity index (χ0n) is 21.7. The van der Waals surface area contributed by atoms with Crippen LogP contribution in [0.2, 0.25) is 0 Å². The molecule has 0 aliphatic rings. The predicted octanol–water partition coefficient (Wildman–Crippen LogP) is 3.54. The summed E-state index contributed by atoms with van der Waals surface area (Å²) in [5.74, 6) is 0.355. The SMILES string of the molecule is CCCCCN(C(=O)CCc1c(C)nn(CC(C)C)c1C)c1c(N)n(CCCC)c(=O)[nH]c1=O. The van der Waals surface area contributed by atoms with E-state index in [9.17, 15) is 14.4 Å². The van der Waals surface area contributed by atoms with E-state index in [-0.39, 0.29) is 23.8 Å². The van der Waals surface area contributed by atoms with Crippen LogP contribution in [0.3, 0.4) is 0 Å². The Morgan fingerprint density at radius 3 is 2.41 bits per heavy atom. The first kappa shape index (κ1) is 27.4. The van der Waals surface area contributed by atoms with Crippen molar-refractivity contribution in [2.75, 3.05) is 17.2 Å². The number of nitrogen functional groups attached to an aromatic ring is 1. The zero-order chi connectivity index (χ0) is 25.4. The number of amides is 1. The Balaban J connectivity index is 2.36. The van der Waals surface area contributed by atoms with E-state index >= 15 is 0 Å². The smallest absolute Gasteiger partial charge is 0.330 e. The van der Waals surface area contributed by atoms with Gasteiger partial charge in [0.1, 0.15) is 5.82 Å². The molecular weight excluding hydrogens is 432 g/mol. The number of nitrogens with one attached hydrogen (secondary N) is 1. The third-order valence-electron chi connectivity index (χ3n) is 6.16. The van der Waals surface area contributed by atoms with E-state index in [1.165, 1.54) is 9.47 Å². The number of anilines is 2. The molecule has 0 atom stereocenters. The van der Waals surface area contributed by atoms with Gasteiger partial charge in [-0.2, -0.15) is 5.10 Å². The second kappa shape index (κ2) is 12.6. The third kappa shape index (κ3) is 6.61. The molecule has 190 valence electrons. The molecule has 2 rings (SSSR count). The number of aryl methyl sites for hydroxylation is 1. The van der Waals surface area contributed by atoms with Crippen molar-refractivity contribution in [2.45, 2.75) is 99.6 Å². The molecule has 0 fully saturated rings. The molecular formula is C25H42N6O3. The molecule has 2 heterocycles. The van der Waals surface area contributed by atoms with E-state index < -0.39 is 11.2 Å². The Hall–Kier alpha value is -2.84. The van der Waals surface area contributed by atoms with Crippen molar-refractivity contribution in [2.24, 2.45) is 5.92 Å². The number of carbonyl (C=O) groups excluding carboxylic acids is 1. The van der Waals surface area contributed by atoms with Crippen LogP contribution in [-0.2, 0) is 24.3 Å². The molecule has 34 heavy (non-hydrogen) atoms. The molecule has 0 saturated carbocycles. The molecule has 0 spiro atoms. The predicted molar refractivity (Wildman–Crippen MR) is 137 cm³/mol. The second-order valence-corrected chi connectivity index (χ2v) is 9.48. The summed E-state index contributed by atoms with van der Waals surface area (Å²) < 4.78 is 3.37. The molecule has 0 radical (unpaired) electrons. The lowest BCUT2D eigenvalue weighted by Crippen LogP contribution is -2.41. The summed E-state index contributed by atoms with van der Waals surface area (Å²) in [4.78, 5) is 42.4. The number of hydrogen-bond acceptors (Lipinski definition) is 5. The van der Waals surface area contributed by atoms with Gasteiger partial charge in [-0.25, -0.2) is 4.79 Å². The zero-order valence-corrected chi connectivity index (χ0v) is 21.7.